The average Bonchev–Trinajstić information content (AvgIpc) is 2.73. The van der Waals surface area contributed by atoms with E-state index in [0.717, 1.165) is 26.2 Å². The Kier molecular flexibility index (Phi) is 7.77. The van der Waals surface area contributed by atoms with Gasteiger partial charge in [0, 0.05) is 21.2 Å². The molecule has 3 aromatic rings. The number of aromatic nitrogens is 2. The van der Waals surface area contributed by atoms with E-state index in [1.54, 1.807) is 18.7 Å². The monoisotopic (exact) mass is 430 g/mol. The molecule has 0 atom stereocenters. The smallest absolute Gasteiger partial charge is 0.316 e. The zero-order chi connectivity index (χ0) is 19.8. The van der Waals surface area contributed by atoms with Gasteiger partial charge in [-0.3, -0.25) is 4.79 Å². The van der Waals surface area contributed by atoms with E-state index in [1.165, 1.54) is 11.8 Å². The number of esters is 1. The molecule has 0 aliphatic heterocycles. The van der Waals surface area contributed by atoms with Gasteiger partial charge in [-0.15, -0.1) is 11.8 Å². The second kappa shape index (κ2) is 10.5. The Morgan fingerprint density at radius 2 is 1.79 bits per heavy atom. The Morgan fingerprint density at radius 3 is 2.50 bits per heavy atom. The van der Waals surface area contributed by atoms with Gasteiger partial charge in [-0.25, -0.2) is 9.97 Å². The summed E-state index contributed by atoms with van der Waals surface area (Å²) >= 11 is 8.99. The predicted molar refractivity (Wildman–Crippen MR) is 116 cm³/mol. The van der Waals surface area contributed by atoms with Crippen molar-refractivity contribution in [2.75, 3.05) is 12.4 Å². The van der Waals surface area contributed by atoms with Gasteiger partial charge in [0.05, 0.1) is 18.1 Å². The van der Waals surface area contributed by atoms with Crippen molar-refractivity contribution < 1.29 is 9.53 Å². The van der Waals surface area contributed by atoms with Crippen LogP contribution in [-0.2, 0) is 15.3 Å². The highest BCUT2D eigenvalue weighted by atomic mass is 35.5. The molecule has 0 N–H and O–H groups in total. The van der Waals surface area contributed by atoms with Crippen LogP contribution in [0.2, 0.25) is 5.02 Å². The van der Waals surface area contributed by atoms with E-state index in [4.69, 9.17) is 21.3 Å². The minimum Gasteiger partial charge on any atom is -0.465 e. The number of carbonyl (C=O) groups excluding carboxylic acids is 1. The van der Waals surface area contributed by atoms with Crippen LogP contribution < -0.4 is 0 Å². The van der Waals surface area contributed by atoms with Crippen molar-refractivity contribution in [3.05, 3.63) is 71.4 Å². The normalized spacial score (nSPS) is 10.6. The number of rotatable bonds is 8. The highest BCUT2D eigenvalue weighted by molar-refractivity contribution is 8.00. The lowest BCUT2D eigenvalue weighted by Crippen LogP contribution is -2.07. The zero-order valence-corrected chi connectivity index (χ0v) is 17.7. The van der Waals surface area contributed by atoms with Gasteiger partial charge in [0.15, 0.2) is 5.82 Å². The molecule has 3 rings (SSSR count). The van der Waals surface area contributed by atoms with Crippen LogP contribution in [0.5, 0.6) is 0 Å². The molecule has 0 aliphatic rings. The molecular weight excluding hydrogens is 412 g/mol. The number of ether oxygens (including phenoxy) is 1. The Bertz CT molecular complexity index is 921. The molecule has 1 aromatic heterocycles. The second-order valence-electron chi connectivity index (χ2n) is 5.72. The summed E-state index contributed by atoms with van der Waals surface area (Å²) in [5.41, 5.74) is 1.85. The van der Waals surface area contributed by atoms with E-state index in [1.807, 2.05) is 60.7 Å². The van der Waals surface area contributed by atoms with E-state index >= 15 is 0 Å². The number of hydrogen-bond donors (Lipinski definition) is 0. The third-order valence-electron chi connectivity index (χ3n) is 3.63. The molecule has 0 bridgehead atoms. The maximum atomic E-state index is 11.7. The lowest BCUT2D eigenvalue weighted by molar-refractivity contribution is -0.139. The van der Waals surface area contributed by atoms with Crippen molar-refractivity contribution in [3.8, 4) is 11.4 Å². The summed E-state index contributed by atoms with van der Waals surface area (Å²) < 4.78 is 5.01. The van der Waals surface area contributed by atoms with E-state index in [9.17, 15) is 4.79 Å². The van der Waals surface area contributed by atoms with Gasteiger partial charge in [-0.1, -0.05) is 53.7 Å². The summed E-state index contributed by atoms with van der Waals surface area (Å²) in [4.78, 5) is 22.1. The molecule has 1 heterocycles. The van der Waals surface area contributed by atoms with Gasteiger partial charge in [0.2, 0.25) is 0 Å². The molecule has 0 radical (unpaired) electrons. The third kappa shape index (κ3) is 6.26. The molecule has 0 aliphatic carbocycles. The fourth-order valence-electron chi connectivity index (χ4n) is 2.36. The van der Waals surface area contributed by atoms with Crippen LogP contribution in [0.15, 0.2) is 70.6 Å². The summed E-state index contributed by atoms with van der Waals surface area (Å²) in [7, 11) is 0. The molecule has 144 valence electrons. The Hall–Kier alpha value is -2.02. The zero-order valence-electron chi connectivity index (χ0n) is 15.3. The first-order valence-corrected chi connectivity index (χ1v) is 11.1. The second-order valence-corrected chi connectivity index (χ2v) is 8.20. The molecule has 0 fully saturated rings. The first-order chi connectivity index (χ1) is 13.6. The fraction of sp³-hybridized carbons (Fsp3) is 0.190. The number of benzene rings is 2. The van der Waals surface area contributed by atoms with Crippen molar-refractivity contribution >= 4 is 41.1 Å². The highest BCUT2D eigenvalue weighted by Crippen LogP contribution is 2.27. The molecule has 0 saturated carbocycles. The quantitative estimate of drug-likeness (QED) is 0.258. The van der Waals surface area contributed by atoms with Gasteiger partial charge in [-0.05, 0) is 37.3 Å². The third-order valence-corrected chi connectivity index (χ3v) is 5.81. The van der Waals surface area contributed by atoms with Crippen LogP contribution in [0.25, 0.3) is 11.4 Å². The number of halogens is 1. The summed E-state index contributed by atoms with van der Waals surface area (Å²) in [6.45, 7) is 2.17. The minimum atomic E-state index is -0.246. The number of carbonyl (C=O) groups is 1. The standard InChI is InChI=1S/C21H19ClN2O2S2/c1-2-26-20(25)14-28-19-12-17(13-27-18-10-8-16(22)9-11-18)23-21(24-19)15-6-4-3-5-7-15/h3-12H,2,13-14H2,1H3. The van der Waals surface area contributed by atoms with Crippen LogP contribution in [-0.4, -0.2) is 28.3 Å². The van der Waals surface area contributed by atoms with E-state index in [-0.39, 0.29) is 11.7 Å². The van der Waals surface area contributed by atoms with Gasteiger partial charge in [-0.2, -0.15) is 0 Å². The largest absolute Gasteiger partial charge is 0.465 e. The van der Waals surface area contributed by atoms with Gasteiger partial charge < -0.3 is 4.74 Å². The Balaban J connectivity index is 1.79. The van der Waals surface area contributed by atoms with Gasteiger partial charge in [0.1, 0.15) is 5.03 Å². The SMILES string of the molecule is CCOC(=O)CSc1cc(CSc2ccc(Cl)cc2)nc(-c2ccccc2)n1. The average molecular weight is 431 g/mol. The van der Waals surface area contributed by atoms with Crippen LogP contribution in [0.4, 0.5) is 0 Å². The molecule has 0 unspecified atom stereocenters. The van der Waals surface area contributed by atoms with E-state index in [2.05, 4.69) is 4.98 Å². The number of hydrogen-bond acceptors (Lipinski definition) is 6. The van der Waals surface area contributed by atoms with Crippen LogP contribution >= 0.6 is 35.1 Å². The van der Waals surface area contributed by atoms with Crippen LogP contribution in [0.1, 0.15) is 12.6 Å². The number of nitrogens with zero attached hydrogens (tertiary/aromatic N) is 2. The minimum absolute atomic E-state index is 0.225. The summed E-state index contributed by atoms with van der Waals surface area (Å²) in [6.07, 6.45) is 0. The van der Waals surface area contributed by atoms with Crippen LogP contribution in [0.3, 0.4) is 0 Å². The maximum absolute atomic E-state index is 11.7. The first-order valence-electron chi connectivity index (χ1n) is 8.74. The first kappa shape index (κ1) is 20.7. The maximum Gasteiger partial charge on any atom is 0.316 e. The van der Waals surface area contributed by atoms with Crippen molar-refractivity contribution in [2.24, 2.45) is 0 Å². The van der Waals surface area contributed by atoms with Crippen molar-refractivity contribution in [1.29, 1.82) is 0 Å². The predicted octanol–water partition coefficient (Wildman–Crippen LogP) is 5.74. The highest BCUT2D eigenvalue weighted by Gasteiger charge is 2.10. The van der Waals surface area contributed by atoms with E-state index in [0.29, 0.717) is 18.2 Å². The van der Waals surface area contributed by atoms with Gasteiger partial charge in [0.25, 0.3) is 0 Å². The molecule has 0 saturated heterocycles. The number of thioether (sulfide) groups is 2. The topological polar surface area (TPSA) is 52.1 Å². The lowest BCUT2D eigenvalue weighted by Gasteiger charge is -2.08. The molecule has 4 nitrogen and oxygen atoms in total. The van der Waals surface area contributed by atoms with Crippen molar-refractivity contribution in [1.82, 2.24) is 9.97 Å². The molecule has 0 amide bonds. The lowest BCUT2D eigenvalue weighted by atomic mass is 10.2. The Labute approximate surface area is 178 Å². The summed E-state index contributed by atoms with van der Waals surface area (Å²) in [6, 6.07) is 19.5. The fourth-order valence-corrected chi connectivity index (χ4v) is 4.00. The molecule has 0 spiro atoms. The van der Waals surface area contributed by atoms with E-state index < -0.39 is 0 Å². The molecule has 2 aromatic carbocycles. The molecule has 7 heteroatoms. The van der Waals surface area contributed by atoms with Crippen molar-refractivity contribution in [3.63, 3.8) is 0 Å². The molecule has 28 heavy (non-hydrogen) atoms. The Morgan fingerprint density at radius 1 is 1.04 bits per heavy atom. The van der Waals surface area contributed by atoms with Crippen molar-refractivity contribution in [2.45, 2.75) is 22.6 Å². The summed E-state index contributed by atoms with van der Waals surface area (Å²) in [5, 5.41) is 1.48. The molecular formula is C21H19ClN2O2S2. The van der Waals surface area contributed by atoms with Crippen LogP contribution in [0, 0.1) is 0 Å². The summed E-state index contributed by atoms with van der Waals surface area (Å²) in [5.74, 6) is 1.32. The van der Waals surface area contributed by atoms with Gasteiger partial charge >= 0.3 is 5.97 Å².